The Morgan fingerprint density at radius 2 is 1.21 bits per heavy atom. The quantitative estimate of drug-likeness (QED) is 0.526. The van der Waals surface area contributed by atoms with Gasteiger partial charge in [0.05, 0.1) is 6.61 Å². The van der Waals surface area contributed by atoms with Crippen molar-refractivity contribution in [1.82, 2.24) is 0 Å². The fraction of sp³-hybridized carbons (Fsp3) is 0.692. The Morgan fingerprint density at radius 3 is 1.89 bits per heavy atom. The summed E-state index contributed by atoms with van der Waals surface area (Å²) in [5.74, 6) is 1.95. The highest BCUT2D eigenvalue weighted by molar-refractivity contribution is 5.54. The lowest BCUT2D eigenvalue weighted by atomic mass is 9.82. The van der Waals surface area contributed by atoms with E-state index < -0.39 is 0 Å². The highest BCUT2D eigenvalue weighted by Gasteiger charge is 2.39. The average molecular weight is 381 g/mol. The normalized spacial score (nSPS) is 30.1. The zero-order valence-electron chi connectivity index (χ0n) is 17.9. The van der Waals surface area contributed by atoms with Crippen LogP contribution in [0.3, 0.4) is 0 Å². The van der Waals surface area contributed by atoms with Crippen molar-refractivity contribution in [3.05, 3.63) is 44.8 Å². The van der Waals surface area contributed by atoms with Gasteiger partial charge in [-0.15, -0.1) is 0 Å². The molecule has 5 rings (SSSR count). The van der Waals surface area contributed by atoms with Gasteiger partial charge in [0.1, 0.15) is 11.9 Å². The van der Waals surface area contributed by atoms with Crippen LogP contribution < -0.4 is 0 Å². The average Bonchev–Trinajstić information content (AvgIpc) is 3.14. The van der Waals surface area contributed by atoms with Gasteiger partial charge in [-0.3, -0.25) is 0 Å². The maximum atomic E-state index is 6.42. The van der Waals surface area contributed by atoms with Crippen molar-refractivity contribution in [1.29, 1.82) is 0 Å². The number of fused-ring (bicyclic) bond motifs is 4. The van der Waals surface area contributed by atoms with Crippen LogP contribution in [0, 0.1) is 5.92 Å². The molecule has 0 fully saturated rings. The summed E-state index contributed by atoms with van der Waals surface area (Å²) in [6, 6.07) is 0. The molecule has 2 unspecified atom stereocenters. The van der Waals surface area contributed by atoms with Crippen LogP contribution in [0.2, 0.25) is 0 Å². The van der Waals surface area contributed by atoms with Crippen LogP contribution in [0.25, 0.3) is 0 Å². The number of allylic oxidation sites excluding steroid dienone is 5. The summed E-state index contributed by atoms with van der Waals surface area (Å²) in [5, 5.41) is 0. The Balaban J connectivity index is 1.66. The lowest BCUT2D eigenvalue weighted by Gasteiger charge is -2.25. The van der Waals surface area contributed by atoms with Crippen LogP contribution in [0.15, 0.2) is 44.8 Å². The molecule has 5 aliphatic rings. The SMILES string of the molecule is CCOC1=C2CCCC3=C4CCCC2=C2CCCC4=C(CCCC21)C3OCC. The van der Waals surface area contributed by atoms with E-state index in [0.717, 1.165) is 13.2 Å². The molecule has 5 aliphatic carbocycles. The molecule has 2 nitrogen and oxygen atoms in total. The summed E-state index contributed by atoms with van der Waals surface area (Å²) in [7, 11) is 0. The summed E-state index contributed by atoms with van der Waals surface area (Å²) in [6.45, 7) is 5.98. The maximum absolute atomic E-state index is 6.42. The Kier molecular flexibility index (Phi) is 5.26. The molecule has 152 valence electrons. The van der Waals surface area contributed by atoms with Gasteiger partial charge in [-0.25, -0.2) is 0 Å². The fourth-order valence-electron chi connectivity index (χ4n) is 6.80. The van der Waals surface area contributed by atoms with Crippen molar-refractivity contribution in [2.75, 3.05) is 13.2 Å². The summed E-state index contributed by atoms with van der Waals surface area (Å²) in [6.07, 6.45) is 15.4. The van der Waals surface area contributed by atoms with E-state index in [1.54, 1.807) is 39.0 Å². The van der Waals surface area contributed by atoms with Gasteiger partial charge in [-0.2, -0.15) is 0 Å². The topological polar surface area (TPSA) is 18.5 Å². The van der Waals surface area contributed by atoms with Gasteiger partial charge in [0.25, 0.3) is 0 Å². The van der Waals surface area contributed by atoms with E-state index in [0.29, 0.717) is 12.0 Å². The first kappa shape index (κ1) is 18.7. The van der Waals surface area contributed by atoms with Crippen molar-refractivity contribution in [2.45, 2.75) is 97.0 Å². The van der Waals surface area contributed by atoms with Crippen LogP contribution in [-0.4, -0.2) is 19.3 Å². The molecular formula is C26H36O2. The smallest absolute Gasteiger partial charge is 0.107 e. The lowest BCUT2D eigenvalue weighted by molar-refractivity contribution is 0.108. The molecule has 28 heavy (non-hydrogen) atoms. The minimum atomic E-state index is 0.304. The first-order valence-corrected chi connectivity index (χ1v) is 12.0. The number of rotatable bonds is 4. The molecule has 2 heteroatoms. The summed E-state index contributed by atoms with van der Waals surface area (Å²) in [5.41, 5.74) is 11.9. The van der Waals surface area contributed by atoms with E-state index in [9.17, 15) is 0 Å². The van der Waals surface area contributed by atoms with Gasteiger partial charge in [0.2, 0.25) is 0 Å². The molecule has 0 aromatic heterocycles. The number of hydrogen-bond donors (Lipinski definition) is 0. The third-order valence-corrected chi connectivity index (χ3v) is 7.73. The Hall–Kier alpha value is -1.28. The number of hydrogen-bond acceptors (Lipinski definition) is 2. The fourth-order valence-corrected chi connectivity index (χ4v) is 6.80. The van der Waals surface area contributed by atoms with Crippen LogP contribution in [0.5, 0.6) is 0 Å². The van der Waals surface area contributed by atoms with E-state index in [2.05, 4.69) is 13.8 Å². The number of ether oxygens (including phenoxy) is 2. The van der Waals surface area contributed by atoms with E-state index >= 15 is 0 Å². The molecular weight excluding hydrogens is 344 g/mol. The Morgan fingerprint density at radius 1 is 0.643 bits per heavy atom. The van der Waals surface area contributed by atoms with E-state index in [1.807, 2.05) is 0 Å². The predicted octanol–water partition coefficient (Wildman–Crippen LogP) is 6.94. The van der Waals surface area contributed by atoms with Crippen molar-refractivity contribution < 1.29 is 9.47 Å². The molecule has 0 aromatic carbocycles. The van der Waals surface area contributed by atoms with Crippen molar-refractivity contribution in [3.63, 3.8) is 0 Å². The molecule has 0 N–H and O–H groups in total. The molecule has 2 atom stereocenters. The first-order valence-electron chi connectivity index (χ1n) is 12.0. The Bertz CT molecular complexity index is 776. The van der Waals surface area contributed by atoms with Gasteiger partial charge in [-0.1, -0.05) is 5.57 Å². The largest absolute Gasteiger partial charge is 0.497 e. The monoisotopic (exact) mass is 380 g/mol. The van der Waals surface area contributed by atoms with Crippen molar-refractivity contribution in [2.24, 2.45) is 5.92 Å². The third-order valence-electron chi connectivity index (χ3n) is 7.73. The second-order valence-corrected chi connectivity index (χ2v) is 9.13. The van der Waals surface area contributed by atoms with Gasteiger partial charge in [0, 0.05) is 12.5 Å². The second kappa shape index (κ2) is 7.86. The minimum absolute atomic E-state index is 0.304. The molecule has 0 aromatic rings. The molecule has 4 bridgehead atoms. The van der Waals surface area contributed by atoms with Crippen LogP contribution in [-0.2, 0) is 9.47 Å². The first-order chi connectivity index (χ1) is 13.8. The zero-order chi connectivity index (χ0) is 19.1. The summed E-state index contributed by atoms with van der Waals surface area (Å²) >= 11 is 0. The molecule has 0 spiro atoms. The minimum Gasteiger partial charge on any atom is -0.497 e. The second-order valence-electron chi connectivity index (χ2n) is 9.13. The van der Waals surface area contributed by atoms with E-state index in [4.69, 9.17) is 9.47 Å². The van der Waals surface area contributed by atoms with E-state index in [1.165, 1.54) is 82.8 Å². The van der Waals surface area contributed by atoms with Crippen LogP contribution >= 0.6 is 0 Å². The summed E-state index contributed by atoms with van der Waals surface area (Å²) in [4.78, 5) is 0. The van der Waals surface area contributed by atoms with Crippen molar-refractivity contribution in [3.8, 4) is 0 Å². The molecule has 0 aliphatic heterocycles. The van der Waals surface area contributed by atoms with Gasteiger partial charge < -0.3 is 9.47 Å². The third kappa shape index (κ3) is 2.95. The van der Waals surface area contributed by atoms with Gasteiger partial charge >= 0.3 is 0 Å². The standard InChI is InChI=1S/C26H36O2/c1-3-27-25-21-13-7-15-23-19-11-5-9-17(21)18-10-6-12-20(19)24(26(23)28-4-2)16-8-14-22(18)25/h21,26H,3-16H2,1-2H3. The maximum Gasteiger partial charge on any atom is 0.107 e. The molecule has 0 saturated carbocycles. The van der Waals surface area contributed by atoms with E-state index in [-0.39, 0.29) is 0 Å². The zero-order valence-corrected chi connectivity index (χ0v) is 17.9. The highest BCUT2D eigenvalue weighted by Crippen LogP contribution is 2.52. The van der Waals surface area contributed by atoms with Crippen molar-refractivity contribution >= 4 is 0 Å². The van der Waals surface area contributed by atoms with Crippen LogP contribution in [0.1, 0.15) is 90.9 Å². The predicted molar refractivity (Wildman–Crippen MR) is 114 cm³/mol. The molecule has 0 radical (unpaired) electrons. The highest BCUT2D eigenvalue weighted by atomic mass is 16.5. The lowest BCUT2D eigenvalue weighted by Crippen LogP contribution is -2.18. The van der Waals surface area contributed by atoms with Crippen LogP contribution in [0.4, 0.5) is 0 Å². The van der Waals surface area contributed by atoms with Gasteiger partial charge in [-0.05, 0) is 124 Å². The molecule has 0 amide bonds. The van der Waals surface area contributed by atoms with Gasteiger partial charge in [0.15, 0.2) is 0 Å². The Labute approximate surface area is 170 Å². The molecule has 0 saturated heterocycles. The summed E-state index contributed by atoms with van der Waals surface area (Å²) < 4.78 is 12.8. The molecule has 0 heterocycles.